The van der Waals surface area contributed by atoms with Crippen molar-refractivity contribution in [3.63, 3.8) is 0 Å². The number of amides is 2. The zero-order valence-corrected chi connectivity index (χ0v) is 26.7. The van der Waals surface area contributed by atoms with Gasteiger partial charge in [0.25, 0.3) is 0 Å². The van der Waals surface area contributed by atoms with Crippen LogP contribution in [-0.4, -0.2) is 50.0 Å². The highest BCUT2D eigenvalue weighted by Gasteiger charge is 2.34. The third-order valence-corrected chi connectivity index (χ3v) is 9.40. The van der Waals surface area contributed by atoms with Crippen LogP contribution < -0.4 is 9.62 Å². The van der Waals surface area contributed by atoms with Crippen molar-refractivity contribution in [2.24, 2.45) is 0 Å². The monoisotopic (exact) mass is 653 g/mol. The van der Waals surface area contributed by atoms with Gasteiger partial charge in [-0.25, -0.2) is 8.42 Å². The second-order valence-electron chi connectivity index (χ2n) is 11.0. The van der Waals surface area contributed by atoms with Crippen molar-refractivity contribution in [1.29, 1.82) is 0 Å². The summed E-state index contributed by atoms with van der Waals surface area (Å²) in [7, 11) is -3.81. The Hall–Kier alpha value is -3.17. The molecule has 42 heavy (non-hydrogen) atoms. The Kier molecular flexibility index (Phi) is 11.2. The van der Waals surface area contributed by atoms with Crippen LogP contribution in [0.25, 0.3) is 0 Å². The van der Waals surface area contributed by atoms with Crippen LogP contribution in [0.3, 0.4) is 0 Å². The number of nitrogens with one attached hydrogen (secondary N) is 1. The van der Waals surface area contributed by atoms with Gasteiger partial charge in [-0.2, -0.15) is 0 Å². The average molecular weight is 655 g/mol. The average Bonchev–Trinajstić information content (AvgIpc) is 2.98. The normalized spacial score (nSPS) is 14.6. The highest BCUT2D eigenvalue weighted by atomic mass is 79.9. The number of para-hydroxylation sites is 1. The third kappa shape index (κ3) is 8.67. The predicted molar refractivity (Wildman–Crippen MR) is 172 cm³/mol. The lowest BCUT2D eigenvalue weighted by atomic mass is 9.94. The minimum atomic E-state index is -3.81. The van der Waals surface area contributed by atoms with Gasteiger partial charge in [0.1, 0.15) is 12.6 Å². The fraction of sp³-hybridized carbons (Fsp3) is 0.394. The van der Waals surface area contributed by atoms with Gasteiger partial charge in [-0.1, -0.05) is 103 Å². The van der Waals surface area contributed by atoms with Crippen LogP contribution >= 0.6 is 15.9 Å². The molecule has 1 aliphatic carbocycles. The Bertz CT molecular complexity index is 1460. The molecular weight excluding hydrogens is 614 g/mol. The van der Waals surface area contributed by atoms with Crippen molar-refractivity contribution in [3.05, 3.63) is 100 Å². The van der Waals surface area contributed by atoms with E-state index in [2.05, 4.69) is 21.2 Å². The minimum absolute atomic E-state index is 0.0660. The van der Waals surface area contributed by atoms with Gasteiger partial charge in [0.05, 0.1) is 11.9 Å². The van der Waals surface area contributed by atoms with Gasteiger partial charge in [0.2, 0.25) is 21.8 Å². The lowest BCUT2D eigenvalue weighted by Gasteiger charge is -2.35. The molecular formula is C33H40BrN3O4S. The molecule has 1 unspecified atom stereocenters. The summed E-state index contributed by atoms with van der Waals surface area (Å²) in [5.41, 5.74) is 3.06. The standard InChI is InChI=1S/C33H40BrN3O4S/c1-3-27-16-10-11-20-30(27)37(42(2,40)41)24-32(38)36(23-26-15-12-17-28(34)21-26)31(22-25-13-6-4-7-14-25)33(39)35-29-18-8-5-9-19-29/h4,6-7,10-17,20-21,29,31H,3,5,8-9,18-19,22-24H2,1-2H3,(H,35,39). The quantitative estimate of drug-likeness (QED) is 0.265. The highest BCUT2D eigenvalue weighted by Crippen LogP contribution is 2.25. The number of anilines is 1. The Morgan fingerprint density at radius 2 is 1.60 bits per heavy atom. The van der Waals surface area contributed by atoms with Gasteiger partial charge < -0.3 is 10.2 Å². The maximum Gasteiger partial charge on any atom is 0.244 e. The van der Waals surface area contributed by atoms with E-state index in [9.17, 15) is 18.0 Å². The molecule has 0 aromatic heterocycles. The third-order valence-electron chi connectivity index (χ3n) is 7.79. The summed E-state index contributed by atoms with van der Waals surface area (Å²) in [5, 5.41) is 3.23. The van der Waals surface area contributed by atoms with Crippen LogP contribution in [0.15, 0.2) is 83.3 Å². The Labute approximate surface area is 258 Å². The summed E-state index contributed by atoms with van der Waals surface area (Å²) in [6, 6.07) is 23.7. The van der Waals surface area contributed by atoms with Crippen molar-refractivity contribution in [2.45, 2.75) is 70.5 Å². The second kappa shape index (κ2) is 14.8. The molecule has 0 aliphatic heterocycles. The van der Waals surface area contributed by atoms with E-state index in [-0.39, 0.29) is 18.5 Å². The summed E-state index contributed by atoms with van der Waals surface area (Å²) < 4.78 is 28.2. The fourth-order valence-corrected chi connectivity index (χ4v) is 6.91. The zero-order chi connectivity index (χ0) is 30.1. The van der Waals surface area contributed by atoms with Crippen molar-refractivity contribution < 1.29 is 18.0 Å². The van der Waals surface area contributed by atoms with E-state index in [4.69, 9.17) is 0 Å². The Balaban J connectivity index is 1.74. The van der Waals surface area contributed by atoms with Gasteiger partial charge in [0, 0.05) is 23.5 Å². The van der Waals surface area contributed by atoms with Crippen LogP contribution in [0.1, 0.15) is 55.7 Å². The molecule has 1 saturated carbocycles. The number of carbonyl (C=O) groups excluding carboxylic acids is 2. The van der Waals surface area contributed by atoms with E-state index < -0.39 is 28.5 Å². The van der Waals surface area contributed by atoms with Crippen molar-refractivity contribution >= 4 is 43.5 Å². The topological polar surface area (TPSA) is 86.8 Å². The van der Waals surface area contributed by atoms with Gasteiger partial charge in [-0.3, -0.25) is 13.9 Å². The molecule has 0 bridgehead atoms. The van der Waals surface area contributed by atoms with E-state index in [1.54, 1.807) is 17.0 Å². The Morgan fingerprint density at radius 1 is 0.929 bits per heavy atom. The van der Waals surface area contributed by atoms with E-state index in [1.807, 2.05) is 73.7 Å². The first-order valence-electron chi connectivity index (χ1n) is 14.6. The molecule has 0 radical (unpaired) electrons. The molecule has 0 spiro atoms. The largest absolute Gasteiger partial charge is 0.352 e. The maximum atomic E-state index is 14.3. The summed E-state index contributed by atoms with van der Waals surface area (Å²) in [5.74, 6) is -0.653. The molecule has 9 heteroatoms. The van der Waals surface area contributed by atoms with Crippen molar-refractivity contribution in [2.75, 3.05) is 17.1 Å². The number of hydrogen-bond acceptors (Lipinski definition) is 4. The summed E-state index contributed by atoms with van der Waals surface area (Å²) in [6.07, 6.45) is 7.15. The Morgan fingerprint density at radius 3 is 2.26 bits per heavy atom. The number of carbonyl (C=O) groups is 2. The number of halogens is 1. The SMILES string of the molecule is CCc1ccccc1N(CC(=O)N(Cc1cccc(Br)c1)C(Cc1ccccc1)C(=O)NC1CCCCC1)S(C)(=O)=O. The number of hydrogen-bond donors (Lipinski definition) is 1. The van der Waals surface area contributed by atoms with Gasteiger partial charge in [-0.15, -0.1) is 0 Å². The second-order valence-corrected chi connectivity index (χ2v) is 13.8. The van der Waals surface area contributed by atoms with E-state index in [1.165, 1.54) is 4.31 Å². The van der Waals surface area contributed by atoms with Crippen LogP contribution in [0.4, 0.5) is 5.69 Å². The van der Waals surface area contributed by atoms with Gasteiger partial charge >= 0.3 is 0 Å². The molecule has 3 aromatic carbocycles. The number of benzene rings is 3. The van der Waals surface area contributed by atoms with E-state index >= 15 is 0 Å². The van der Waals surface area contributed by atoms with Crippen molar-refractivity contribution in [1.82, 2.24) is 10.2 Å². The van der Waals surface area contributed by atoms with Crippen LogP contribution in [-0.2, 0) is 39.0 Å². The summed E-state index contributed by atoms with van der Waals surface area (Å²) >= 11 is 3.52. The molecule has 4 rings (SSSR count). The lowest BCUT2D eigenvalue weighted by molar-refractivity contribution is -0.140. The van der Waals surface area contributed by atoms with Crippen LogP contribution in [0.5, 0.6) is 0 Å². The first kappa shape index (κ1) is 31.8. The number of aryl methyl sites for hydroxylation is 1. The van der Waals surface area contributed by atoms with E-state index in [0.29, 0.717) is 18.5 Å². The fourth-order valence-electron chi connectivity index (χ4n) is 5.58. The lowest BCUT2D eigenvalue weighted by Crippen LogP contribution is -2.55. The molecule has 3 aromatic rings. The number of sulfonamides is 1. The zero-order valence-electron chi connectivity index (χ0n) is 24.3. The maximum absolute atomic E-state index is 14.3. The summed E-state index contributed by atoms with van der Waals surface area (Å²) in [6.45, 7) is 1.69. The highest BCUT2D eigenvalue weighted by molar-refractivity contribution is 9.10. The molecule has 1 N–H and O–H groups in total. The molecule has 224 valence electrons. The molecule has 0 saturated heterocycles. The predicted octanol–water partition coefficient (Wildman–Crippen LogP) is 5.87. The molecule has 7 nitrogen and oxygen atoms in total. The molecule has 2 amide bonds. The number of rotatable bonds is 12. The first-order chi connectivity index (χ1) is 20.2. The summed E-state index contributed by atoms with van der Waals surface area (Å²) in [4.78, 5) is 29.9. The van der Waals surface area contributed by atoms with Crippen LogP contribution in [0.2, 0.25) is 0 Å². The van der Waals surface area contributed by atoms with E-state index in [0.717, 1.165) is 59.5 Å². The smallest absolute Gasteiger partial charge is 0.244 e. The molecule has 0 heterocycles. The molecule has 1 atom stereocenters. The number of nitrogens with zero attached hydrogens (tertiary/aromatic N) is 2. The molecule has 1 aliphatic rings. The van der Waals surface area contributed by atoms with Crippen LogP contribution in [0, 0.1) is 0 Å². The minimum Gasteiger partial charge on any atom is -0.352 e. The van der Waals surface area contributed by atoms with Crippen molar-refractivity contribution in [3.8, 4) is 0 Å². The van der Waals surface area contributed by atoms with Gasteiger partial charge in [0.15, 0.2) is 0 Å². The first-order valence-corrected chi connectivity index (χ1v) is 17.2. The molecule has 1 fully saturated rings. The van der Waals surface area contributed by atoms with Gasteiger partial charge in [-0.05, 0) is 54.2 Å².